The van der Waals surface area contributed by atoms with E-state index in [0.29, 0.717) is 0 Å². The fraction of sp³-hybridized carbons (Fsp3) is 0.700. The molecule has 1 rings (SSSR count). The molecule has 0 radical (unpaired) electrons. The number of ether oxygens (including phenoxy) is 1. The Labute approximate surface area is 85.1 Å². The Kier molecular flexibility index (Phi) is 5.25. The molecule has 0 spiro atoms. The van der Waals surface area contributed by atoms with Gasteiger partial charge in [0.15, 0.2) is 0 Å². The Morgan fingerprint density at radius 1 is 1.50 bits per heavy atom. The third kappa shape index (κ3) is 3.89. The van der Waals surface area contributed by atoms with Crippen molar-refractivity contribution in [3.05, 3.63) is 17.7 Å². The zero-order chi connectivity index (χ0) is 10.2. The van der Waals surface area contributed by atoms with Gasteiger partial charge in [-0.2, -0.15) is 0 Å². The van der Waals surface area contributed by atoms with Gasteiger partial charge in [0.2, 0.25) is 0 Å². The van der Waals surface area contributed by atoms with Crippen LogP contribution in [0.5, 0.6) is 0 Å². The van der Waals surface area contributed by atoms with Crippen LogP contribution in [0.2, 0.25) is 0 Å². The highest BCUT2D eigenvalue weighted by Gasteiger charge is 1.98. The summed E-state index contributed by atoms with van der Waals surface area (Å²) in [5.74, 6) is 0. The summed E-state index contributed by atoms with van der Waals surface area (Å²) in [6, 6.07) is 0. The number of aryl methyl sites for hydroxylation is 1. The van der Waals surface area contributed by atoms with Crippen LogP contribution in [0, 0.1) is 6.92 Å². The summed E-state index contributed by atoms with van der Waals surface area (Å²) < 4.78 is 4.97. The van der Waals surface area contributed by atoms with E-state index in [-0.39, 0.29) is 0 Å². The minimum absolute atomic E-state index is 0.850. The molecule has 0 aromatic carbocycles. The van der Waals surface area contributed by atoms with E-state index in [2.05, 4.69) is 15.3 Å². The number of unbranched alkanes of at least 4 members (excludes halogenated alkanes) is 1. The number of rotatable bonds is 7. The summed E-state index contributed by atoms with van der Waals surface area (Å²) >= 11 is 0. The third-order valence-corrected chi connectivity index (χ3v) is 2.18. The quantitative estimate of drug-likeness (QED) is 0.646. The Morgan fingerprint density at radius 2 is 2.36 bits per heavy atom. The fourth-order valence-corrected chi connectivity index (χ4v) is 1.27. The number of aromatic amines is 1. The maximum Gasteiger partial charge on any atom is 0.0925 e. The van der Waals surface area contributed by atoms with E-state index in [9.17, 15) is 0 Å². The number of H-pyrrole nitrogens is 1. The van der Waals surface area contributed by atoms with Crippen LogP contribution >= 0.6 is 0 Å². The lowest BCUT2D eigenvalue weighted by molar-refractivity contribution is 0.192. The molecule has 0 amide bonds. The van der Waals surface area contributed by atoms with Crippen molar-refractivity contribution in [3.8, 4) is 0 Å². The molecule has 2 N–H and O–H groups in total. The first kappa shape index (κ1) is 11.2. The molecule has 80 valence electrons. The molecule has 0 atom stereocenters. The molecule has 14 heavy (non-hydrogen) atoms. The van der Waals surface area contributed by atoms with Gasteiger partial charge < -0.3 is 15.0 Å². The van der Waals surface area contributed by atoms with Crippen molar-refractivity contribution in [1.82, 2.24) is 15.3 Å². The molecule has 1 aromatic heterocycles. The third-order valence-electron chi connectivity index (χ3n) is 2.18. The van der Waals surface area contributed by atoms with Crippen molar-refractivity contribution in [2.24, 2.45) is 0 Å². The smallest absolute Gasteiger partial charge is 0.0925 e. The van der Waals surface area contributed by atoms with Crippen LogP contribution in [0.25, 0.3) is 0 Å². The highest BCUT2D eigenvalue weighted by Crippen LogP contribution is 1.99. The second-order valence-corrected chi connectivity index (χ2v) is 3.35. The van der Waals surface area contributed by atoms with Crippen LogP contribution in [0.15, 0.2) is 6.33 Å². The lowest BCUT2D eigenvalue weighted by Crippen LogP contribution is -2.16. The fourth-order valence-electron chi connectivity index (χ4n) is 1.27. The summed E-state index contributed by atoms with van der Waals surface area (Å²) in [6.45, 7) is 4.76. The topological polar surface area (TPSA) is 49.9 Å². The van der Waals surface area contributed by atoms with Gasteiger partial charge >= 0.3 is 0 Å². The summed E-state index contributed by atoms with van der Waals surface area (Å²) in [5.41, 5.74) is 2.26. The predicted molar refractivity (Wildman–Crippen MR) is 56.1 cm³/mol. The summed E-state index contributed by atoms with van der Waals surface area (Å²) in [7, 11) is 1.74. The minimum atomic E-state index is 0.850. The molecular weight excluding hydrogens is 178 g/mol. The standard InChI is InChI=1S/C10H19N3O/c1-9-10(13-8-12-9)7-11-5-3-4-6-14-2/h8,11H,3-7H2,1-2H3,(H,12,13). The molecule has 0 saturated carbocycles. The second-order valence-electron chi connectivity index (χ2n) is 3.35. The molecule has 4 nitrogen and oxygen atoms in total. The normalized spacial score (nSPS) is 10.7. The van der Waals surface area contributed by atoms with Crippen LogP contribution in [-0.4, -0.2) is 30.2 Å². The van der Waals surface area contributed by atoms with Gasteiger partial charge in [-0.3, -0.25) is 0 Å². The van der Waals surface area contributed by atoms with Gasteiger partial charge in [0, 0.05) is 26.0 Å². The zero-order valence-electron chi connectivity index (χ0n) is 8.97. The Morgan fingerprint density at radius 3 is 3.00 bits per heavy atom. The average Bonchev–Trinajstić information content (AvgIpc) is 2.58. The number of hydrogen-bond acceptors (Lipinski definition) is 3. The number of imidazole rings is 1. The Hall–Kier alpha value is -0.870. The number of nitrogens with zero attached hydrogens (tertiary/aromatic N) is 1. The summed E-state index contributed by atoms with van der Waals surface area (Å²) in [5, 5.41) is 3.35. The molecule has 0 aliphatic rings. The van der Waals surface area contributed by atoms with E-state index in [1.165, 1.54) is 0 Å². The summed E-state index contributed by atoms with van der Waals surface area (Å²) in [4.78, 5) is 7.27. The molecule has 0 aliphatic carbocycles. The highest BCUT2D eigenvalue weighted by atomic mass is 16.5. The molecular formula is C10H19N3O. The highest BCUT2D eigenvalue weighted by molar-refractivity contribution is 5.07. The Balaban J connectivity index is 2.02. The zero-order valence-corrected chi connectivity index (χ0v) is 8.97. The van der Waals surface area contributed by atoms with Gasteiger partial charge in [-0.15, -0.1) is 0 Å². The van der Waals surface area contributed by atoms with Gasteiger partial charge in [-0.1, -0.05) is 0 Å². The lowest BCUT2D eigenvalue weighted by Gasteiger charge is -2.03. The van der Waals surface area contributed by atoms with Crippen molar-refractivity contribution in [3.63, 3.8) is 0 Å². The van der Waals surface area contributed by atoms with Crippen LogP contribution < -0.4 is 5.32 Å². The molecule has 1 heterocycles. The van der Waals surface area contributed by atoms with Gasteiger partial charge in [-0.05, 0) is 26.3 Å². The second kappa shape index (κ2) is 6.56. The van der Waals surface area contributed by atoms with Crippen molar-refractivity contribution in [1.29, 1.82) is 0 Å². The van der Waals surface area contributed by atoms with Crippen LogP contribution in [0.1, 0.15) is 24.2 Å². The van der Waals surface area contributed by atoms with E-state index in [0.717, 1.165) is 43.9 Å². The van der Waals surface area contributed by atoms with Gasteiger partial charge in [0.1, 0.15) is 0 Å². The van der Waals surface area contributed by atoms with Crippen molar-refractivity contribution >= 4 is 0 Å². The minimum Gasteiger partial charge on any atom is -0.385 e. The number of methoxy groups -OCH3 is 1. The molecule has 1 aromatic rings. The van der Waals surface area contributed by atoms with Crippen molar-refractivity contribution in [2.75, 3.05) is 20.3 Å². The van der Waals surface area contributed by atoms with E-state index in [4.69, 9.17) is 4.74 Å². The van der Waals surface area contributed by atoms with Gasteiger partial charge in [-0.25, -0.2) is 4.98 Å². The first-order valence-electron chi connectivity index (χ1n) is 5.03. The molecule has 0 fully saturated rings. The average molecular weight is 197 g/mol. The molecule has 4 heteroatoms. The van der Waals surface area contributed by atoms with Gasteiger partial charge in [0.25, 0.3) is 0 Å². The lowest BCUT2D eigenvalue weighted by atomic mass is 10.3. The number of aromatic nitrogens is 2. The molecule has 0 saturated heterocycles. The number of nitrogens with one attached hydrogen (secondary N) is 2. The maximum atomic E-state index is 4.97. The molecule has 0 aliphatic heterocycles. The first-order chi connectivity index (χ1) is 6.84. The Bertz CT molecular complexity index is 247. The van der Waals surface area contributed by atoms with Crippen LogP contribution in [0.4, 0.5) is 0 Å². The predicted octanol–water partition coefficient (Wildman–Crippen LogP) is 1.23. The van der Waals surface area contributed by atoms with Crippen LogP contribution in [-0.2, 0) is 11.3 Å². The van der Waals surface area contributed by atoms with E-state index >= 15 is 0 Å². The van der Waals surface area contributed by atoms with E-state index in [1.807, 2.05) is 6.92 Å². The SMILES string of the molecule is COCCCCNCc1nc[nH]c1C. The summed E-state index contributed by atoms with van der Waals surface area (Å²) in [6.07, 6.45) is 4.00. The first-order valence-corrected chi connectivity index (χ1v) is 5.03. The molecule has 0 bridgehead atoms. The largest absolute Gasteiger partial charge is 0.385 e. The molecule has 0 unspecified atom stereocenters. The maximum absolute atomic E-state index is 4.97. The van der Waals surface area contributed by atoms with E-state index in [1.54, 1.807) is 13.4 Å². The van der Waals surface area contributed by atoms with Gasteiger partial charge in [0.05, 0.1) is 12.0 Å². The van der Waals surface area contributed by atoms with Crippen molar-refractivity contribution < 1.29 is 4.74 Å². The number of hydrogen-bond donors (Lipinski definition) is 2. The van der Waals surface area contributed by atoms with E-state index < -0.39 is 0 Å². The van der Waals surface area contributed by atoms with Crippen LogP contribution in [0.3, 0.4) is 0 Å². The van der Waals surface area contributed by atoms with Crippen molar-refractivity contribution in [2.45, 2.75) is 26.3 Å². The monoisotopic (exact) mass is 197 g/mol.